The van der Waals surface area contributed by atoms with Gasteiger partial charge in [-0.3, -0.25) is 0 Å². The maximum atomic E-state index is 6.19. The first-order chi connectivity index (χ1) is 9.66. The average Bonchev–Trinajstić information content (AvgIpc) is 3.04. The lowest BCUT2D eigenvalue weighted by Gasteiger charge is -2.34. The van der Waals surface area contributed by atoms with Crippen molar-refractivity contribution in [1.29, 1.82) is 0 Å². The fourth-order valence-corrected chi connectivity index (χ4v) is 2.39. The summed E-state index contributed by atoms with van der Waals surface area (Å²) < 4.78 is 10.4. The number of halogens is 1. The highest BCUT2D eigenvalue weighted by molar-refractivity contribution is 5.85. The summed E-state index contributed by atoms with van der Waals surface area (Å²) in [7, 11) is 0. The number of fused-ring (bicyclic) bond motifs is 1. The van der Waals surface area contributed by atoms with Gasteiger partial charge in [-0.25, -0.2) is 4.98 Å². The van der Waals surface area contributed by atoms with Crippen LogP contribution in [0.1, 0.15) is 30.8 Å². The quantitative estimate of drug-likeness (QED) is 0.774. The molecule has 0 unspecified atom stereocenters. The Labute approximate surface area is 126 Å². The Morgan fingerprint density at radius 2 is 2.05 bits per heavy atom. The van der Waals surface area contributed by atoms with Crippen molar-refractivity contribution in [3.05, 3.63) is 23.8 Å². The summed E-state index contributed by atoms with van der Waals surface area (Å²) in [5.74, 6) is 0.993. The summed E-state index contributed by atoms with van der Waals surface area (Å²) >= 11 is 0. The number of rotatable bonds is 2. The maximum Gasteiger partial charge on any atom is 0.259 e. The smallest absolute Gasteiger partial charge is 0.259 e. The minimum Gasteiger partial charge on any atom is -0.336 e. The fraction of sp³-hybridized carbons (Fsp3) is 0.385. The molecular weight excluding hydrogens is 294 g/mol. The Morgan fingerprint density at radius 3 is 2.76 bits per heavy atom. The van der Waals surface area contributed by atoms with Crippen molar-refractivity contribution in [3.63, 3.8) is 0 Å². The van der Waals surface area contributed by atoms with E-state index in [9.17, 15) is 0 Å². The molecule has 2 N–H and O–H groups in total. The van der Waals surface area contributed by atoms with Gasteiger partial charge in [0.25, 0.3) is 11.6 Å². The van der Waals surface area contributed by atoms with E-state index in [0.29, 0.717) is 17.4 Å². The Kier molecular flexibility index (Phi) is 3.18. The summed E-state index contributed by atoms with van der Waals surface area (Å²) in [5, 5.41) is 8.71. The van der Waals surface area contributed by atoms with Crippen molar-refractivity contribution < 1.29 is 9.05 Å². The van der Waals surface area contributed by atoms with Gasteiger partial charge in [-0.2, -0.15) is 4.98 Å². The predicted molar refractivity (Wildman–Crippen MR) is 76.8 cm³/mol. The number of pyridine rings is 1. The van der Waals surface area contributed by atoms with Crippen molar-refractivity contribution in [3.8, 4) is 11.5 Å². The van der Waals surface area contributed by atoms with Crippen LogP contribution in [0.25, 0.3) is 22.6 Å². The van der Waals surface area contributed by atoms with E-state index < -0.39 is 5.54 Å². The first kappa shape index (κ1) is 14.0. The van der Waals surface area contributed by atoms with Gasteiger partial charge in [-0.05, 0) is 32.3 Å². The van der Waals surface area contributed by atoms with Crippen molar-refractivity contribution in [2.45, 2.75) is 31.7 Å². The molecule has 0 aliphatic heterocycles. The monoisotopic (exact) mass is 307 g/mol. The van der Waals surface area contributed by atoms with Crippen LogP contribution in [0.5, 0.6) is 0 Å². The van der Waals surface area contributed by atoms with Crippen LogP contribution in [0.3, 0.4) is 0 Å². The zero-order valence-corrected chi connectivity index (χ0v) is 12.2. The largest absolute Gasteiger partial charge is 0.336 e. The minimum atomic E-state index is -0.424. The summed E-state index contributed by atoms with van der Waals surface area (Å²) in [4.78, 5) is 8.60. The third kappa shape index (κ3) is 2.09. The van der Waals surface area contributed by atoms with Crippen LogP contribution in [-0.2, 0) is 5.54 Å². The van der Waals surface area contributed by atoms with Gasteiger partial charge in [0.2, 0.25) is 0 Å². The van der Waals surface area contributed by atoms with Gasteiger partial charge >= 0.3 is 0 Å². The molecule has 7 nitrogen and oxygen atoms in total. The van der Waals surface area contributed by atoms with Gasteiger partial charge in [0.15, 0.2) is 5.82 Å². The van der Waals surface area contributed by atoms with Crippen LogP contribution in [0.4, 0.5) is 0 Å². The molecular formula is C13H14ClN5O2. The molecule has 1 aliphatic rings. The molecule has 0 spiro atoms. The number of nitrogens with two attached hydrogens (primary N) is 1. The lowest BCUT2D eigenvalue weighted by molar-refractivity contribution is 0.229. The second-order valence-corrected chi connectivity index (χ2v) is 5.28. The summed E-state index contributed by atoms with van der Waals surface area (Å²) in [6.45, 7) is 1.86. The lowest BCUT2D eigenvalue weighted by Crippen LogP contribution is -2.44. The predicted octanol–water partition coefficient (Wildman–Crippen LogP) is 2.34. The van der Waals surface area contributed by atoms with E-state index in [1.54, 1.807) is 6.20 Å². The van der Waals surface area contributed by atoms with Crippen LogP contribution >= 0.6 is 12.4 Å². The van der Waals surface area contributed by atoms with E-state index in [1.807, 2.05) is 13.0 Å². The molecule has 110 valence electrons. The Balaban J connectivity index is 0.00000132. The second kappa shape index (κ2) is 4.78. The molecule has 1 aliphatic carbocycles. The SMILES string of the molecule is Cc1noc2ncc(-c3nc(C4(N)CCC4)no3)cc12.Cl. The van der Waals surface area contributed by atoms with Crippen LogP contribution in [-0.4, -0.2) is 20.3 Å². The molecule has 21 heavy (non-hydrogen) atoms. The van der Waals surface area contributed by atoms with Crippen molar-refractivity contribution >= 4 is 23.5 Å². The van der Waals surface area contributed by atoms with Crippen LogP contribution in [0, 0.1) is 6.92 Å². The molecule has 0 atom stereocenters. The van der Waals surface area contributed by atoms with Crippen LogP contribution < -0.4 is 5.73 Å². The molecule has 3 aromatic rings. The second-order valence-electron chi connectivity index (χ2n) is 5.28. The van der Waals surface area contributed by atoms with E-state index in [-0.39, 0.29) is 12.4 Å². The molecule has 4 rings (SSSR count). The van der Waals surface area contributed by atoms with Gasteiger partial charge in [0.05, 0.1) is 22.2 Å². The molecule has 8 heteroatoms. The van der Waals surface area contributed by atoms with Gasteiger partial charge in [-0.15, -0.1) is 12.4 Å². The summed E-state index contributed by atoms with van der Waals surface area (Å²) in [6.07, 6.45) is 4.53. The summed E-state index contributed by atoms with van der Waals surface area (Å²) in [6, 6.07) is 1.88. The fourth-order valence-electron chi connectivity index (χ4n) is 2.39. The summed E-state index contributed by atoms with van der Waals surface area (Å²) in [5.41, 5.74) is 7.79. The Hall–Kier alpha value is -1.99. The highest BCUT2D eigenvalue weighted by Gasteiger charge is 2.39. The topological polar surface area (TPSA) is 104 Å². The lowest BCUT2D eigenvalue weighted by atomic mass is 9.77. The first-order valence-corrected chi connectivity index (χ1v) is 6.51. The van der Waals surface area contributed by atoms with E-state index in [2.05, 4.69) is 20.3 Å². The average molecular weight is 308 g/mol. The van der Waals surface area contributed by atoms with Gasteiger partial charge in [0.1, 0.15) is 0 Å². The van der Waals surface area contributed by atoms with E-state index in [4.69, 9.17) is 14.8 Å². The maximum absolute atomic E-state index is 6.19. The zero-order valence-electron chi connectivity index (χ0n) is 11.4. The molecule has 1 saturated carbocycles. The van der Waals surface area contributed by atoms with Crippen molar-refractivity contribution in [1.82, 2.24) is 20.3 Å². The number of hydrogen-bond donors (Lipinski definition) is 1. The highest BCUT2D eigenvalue weighted by atomic mass is 35.5. The molecule has 0 saturated heterocycles. The van der Waals surface area contributed by atoms with Crippen LogP contribution in [0.2, 0.25) is 0 Å². The third-order valence-electron chi connectivity index (χ3n) is 3.87. The molecule has 3 heterocycles. The normalized spacial score (nSPS) is 16.5. The minimum absolute atomic E-state index is 0. The molecule has 0 radical (unpaired) electrons. The number of hydrogen-bond acceptors (Lipinski definition) is 7. The molecule has 3 aromatic heterocycles. The Bertz CT molecular complexity index is 793. The Morgan fingerprint density at radius 1 is 1.24 bits per heavy atom. The van der Waals surface area contributed by atoms with E-state index in [1.165, 1.54) is 0 Å². The van der Waals surface area contributed by atoms with Gasteiger partial charge < -0.3 is 14.8 Å². The zero-order chi connectivity index (χ0) is 13.7. The molecule has 0 amide bonds. The molecule has 0 aromatic carbocycles. The van der Waals surface area contributed by atoms with E-state index >= 15 is 0 Å². The standard InChI is InChI=1S/C13H13N5O2.ClH/c1-7-9-5-8(6-15-11(9)20-17-7)10-16-12(18-19-10)13(14)3-2-4-13;/h5-6H,2-4,14H2,1H3;1H. The van der Waals surface area contributed by atoms with Crippen molar-refractivity contribution in [2.24, 2.45) is 5.73 Å². The molecule has 1 fully saturated rings. The first-order valence-electron chi connectivity index (χ1n) is 6.51. The number of nitrogens with zero attached hydrogens (tertiary/aromatic N) is 4. The van der Waals surface area contributed by atoms with Crippen molar-refractivity contribution in [2.75, 3.05) is 0 Å². The third-order valence-corrected chi connectivity index (χ3v) is 3.87. The van der Waals surface area contributed by atoms with Gasteiger partial charge in [0, 0.05) is 6.20 Å². The highest BCUT2D eigenvalue weighted by Crippen LogP contribution is 2.37. The van der Waals surface area contributed by atoms with E-state index in [0.717, 1.165) is 35.9 Å². The molecule has 0 bridgehead atoms. The number of aromatic nitrogens is 4. The van der Waals surface area contributed by atoms with Gasteiger partial charge in [-0.1, -0.05) is 10.3 Å². The van der Waals surface area contributed by atoms with Crippen LogP contribution in [0.15, 0.2) is 21.3 Å². The number of aryl methyl sites for hydroxylation is 1.